The summed E-state index contributed by atoms with van der Waals surface area (Å²) in [7, 11) is -4.05. The first-order chi connectivity index (χ1) is 9.93. The molecule has 0 aromatic heterocycles. The molecule has 0 saturated heterocycles. The summed E-state index contributed by atoms with van der Waals surface area (Å²) in [5.41, 5.74) is -1.000. The van der Waals surface area contributed by atoms with Crippen LogP contribution < -0.4 is 0 Å². The molecule has 1 rings (SSSR count). The quantitative estimate of drug-likeness (QED) is 0.863. The van der Waals surface area contributed by atoms with Gasteiger partial charge in [-0.25, -0.2) is 8.42 Å². The van der Waals surface area contributed by atoms with Crippen LogP contribution in [0.5, 0.6) is 0 Å². The number of carboxylic acids is 1. The molecule has 1 N–H and O–H groups in total. The average Bonchev–Trinajstić information content (AvgIpc) is 2.34. The Hall–Kier alpha value is -1.61. The van der Waals surface area contributed by atoms with Crippen LogP contribution in [0, 0.1) is 0 Å². The van der Waals surface area contributed by atoms with Crippen LogP contribution in [0.15, 0.2) is 24.3 Å². The highest BCUT2D eigenvalue weighted by atomic mass is 32.2. The third-order valence-corrected chi connectivity index (χ3v) is 4.79. The van der Waals surface area contributed by atoms with E-state index in [1.165, 1.54) is 19.9 Å². The molecule has 0 spiro atoms. The standard InChI is InChI=1S/C13H16F3NO4S/c1-9(2)17(7-12(18)19)22(20,21)8-10-4-3-5-11(6-10)13(14,15)16/h3-6,9H,7-8H2,1-2H3,(H,18,19). The Labute approximate surface area is 126 Å². The normalized spacial score (nSPS) is 12.9. The molecule has 22 heavy (non-hydrogen) atoms. The molecular formula is C13H16F3NO4S. The number of carboxylic acid groups (broad SMARTS) is 1. The van der Waals surface area contributed by atoms with Crippen LogP contribution in [-0.2, 0) is 26.7 Å². The number of aliphatic carboxylic acids is 1. The Bertz CT molecular complexity index is 641. The Morgan fingerprint density at radius 3 is 2.36 bits per heavy atom. The van der Waals surface area contributed by atoms with Crippen molar-refractivity contribution in [3.8, 4) is 0 Å². The second kappa shape index (κ2) is 6.66. The van der Waals surface area contributed by atoms with E-state index in [4.69, 9.17) is 5.11 Å². The highest BCUT2D eigenvalue weighted by Crippen LogP contribution is 2.30. The monoisotopic (exact) mass is 339 g/mol. The van der Waals surface area contributed by atoms with Gasteiger partial charge < -0.3 is 5.11 Å². The van der Waals surface area contributed by atoms with Gasteiger partial charge in [-0.15, -0.1) is 0 Å². The highest BCUT2D eigenvalue weighted by Gasteiger charge is 2.32. The van der Waals surface area contributed by atoms with Gasteiger partial charge in [-0.2, -0.15) is 17.5 Å². The Balaban J connectivity index is 3.08. The molecule has 1 aromatic rings. The van der Waals surface area contributed by atoms with E-state index < -0.39 is 46.1 Å². The zero-order valence-corrected chi connectivity index (χ0v) is 12.8. The molecule has 0 atom stereocenters. The fourth-order valence-corrected chi connectivity index (χ4v) is 3.58. The van der Waals surface area contributed by atoms with Gasteiger partial charge in [0.15, 0.2) is 0 Å². The summed E-state index contributed by atoms with van der Waals surface area (Å²) in [4.78, 5) is 10.7. The van der Waals surface area contributed by atoms with Gasteiger partial charge in [0.1, 0.15) is 6.54 Å². The fourth-order valence-electron chi connectivity index (χ4n) is 1.87. The fraction of sp³-hybridized carbons (Fsp3) is 0.462. The average molecular weight is 339 g/mol. The van der Waals surface area contributed by atoms with Gasteiger partial charge in [-0.05, 0) is 25.5 Å². The molecule has 124 valence electrons. The number of sulfonamides is 1. The van der Waals surface area contributed by atoms with Crippen LogP contribution in [0.1, 0.15) is 25.0 Å². The first kappa shape index (κ1) is 18.4. The molecule has 9 heteroatoms. The number of carbonyl (C=O) groups is 1. The number of hydrogen-bond acceptors (Lipinski definition) is 3. The minimum absolute atomic E-state index is 0.0501. The third-order valence-electron chi connectivity index (χ3n) is 2.83. The minimum atomic E-state index is -4.57. The molecule has 1 aromatic carbocycles. The molecule has 0 saturated carbocycles. The van der Waals surface area contributed by atoms with E-state index in [2.05, 4.69) is 0 Å². The van der Waals surface area contributed by atoms with Crippen molar-refractivity contribution in [2.75, 3.05) is 6.54 Å². The van der Waals surface area contributed by atoms with Crippen molar-refractivity contribution in [3.05, 3.63) is 35.4 Å². The van der Waals surface area contributed by atoms with Crippen LogP contribution in [0.25, 0.3) is 0 Å². The SMILES string of the molecule is CC(C)N(CC(=O)O)S(=O)(=O)Cc1cccc(C(F)(F)F)c1. The van der Waals surface area contributed by atoms with Gasteiger partial charge >= 0.3 is 12.1 Å². The van der Waals surface area contributed by atoms with E-state index in [0.29, 0.717) is 0 Å². The second-order valence-electron chi connectivity index (χ2n) is 4.99. The maximum atomic E-state index is 12.6. The van der Waals surface area contributed by atoms with Crippen LogP contribution in [0.3, 0.4) is 0 Å². The Morgan fingerprint density at radius 2 is 1.91 bits per heavy atom. The smallest absolute Gasteiger partial charge is 0.416 e. The number of nitrogens with zero attached hydrogens (tertiary/aromatic N) is 1. The lowest BCUT2D eigenvalue weighted by Crippen LogP contribution is -2.41. The number of alkyl halides is 3. The van der Waals surface area contributed by atoms with Crippen LogP contribution in [0.4, 0.5) is 13.2 Å². The van der Waals surface area contributed by atoms with Gasteiger partial charge in [0, 0.05) is 6.04 Å². The predicted molar refractivity (Wildman–Crippen MR) is 73.5 cm³/mol. The summed E-state index contributed by atoms with van der Waals surface area (Å²) in [6.07, 6.45) is -4.57. The number of halogens is 3. The first-order valence-corrected chi connectivity index (χ1v) is 7.92. The summed E-state index contributed by atoms with van der Waals surface area (Å²) in [5, 5.41) is 8.76. The largest absolute Gasteiger partial charge is 0.480 e. The van der Waals surface area contributed by atoms with E-state index >= 15 is 0 Å². The van der Waals surface area contributed by atoms with Crippen molar-refractivity contribution in [2.24, 2.45) is 0 Å². The van der Waals surface area contributed by atoms with Crippen molar-refractivity contribution in [1.29, 1.82) is 0 Å². The molecule has 0 radical (unpaired) electrons. The molecule has 0 heterocycles. The third kappa shape index (κ3) is 4.99. The minimum Gasteiger partial charge on any atom is -0.480 e. The number of hydrogen-bond donors (Lipinski definition) is 1. The first-order valence-electron chi connectivity index (χ1n) is 6.31. The Kier molecular flexibility index (Phi) is 5.58. The maximum absolute atomic E-state index is 12.6. The topological polar surface area (TPSA) is 74.7 Å². The van der Waals surface area contributed by atoms with Gasteiger partial charge in [-0.3, -0.25) is 4.79 Å². The van der Waals surface area contributed by atoms with E-state index in [9.17, 15) is 26.4 Å². The molecular weight excluding hydrogens is 323 g/mol. The van der Waals surface area contributed by atoms with Crippen molar-refractivity contribution < 1.29 is 31.5 Å². The van der Waals surface area contributed by atoms with Gasteiger partial charge in [-0.1, -0.05) is 18.2 Å². The molecule has 0 amide bonds. The lowest BCUT2D eigenvalue weighted by molar-refractivity contribution is -0.138. The molecule has 0 bridgehead atoms. The molecule has 0 aliphatic heterocycles. The lowest BCUT2D eigenvalue weighted by atomic mass is 10.1. The van der Waals surface area contributed by atoms with Crippen molar-refractivity contribution in [3.63, 3.8) is 0 Å². The van der Waals surface area contributed by atoms with Gasteiger partial charge in [0.05, 0.1) is 11.3 Å². The van der Waals surface area contributed by atoms with E-state index in [1.807, 2.05) is 0 Å². The summed E-state index contributed by atoms with van der Waals surface area (Å²) in [6.45, 7) is 2.25. The van der Waals surface area contributed by atoms with Crippen LogP contribution >= 0.6 is 0 Å². The van der Waals surface area contributed by atoms with Crippen molar-refractivity contribution >= 4 is 16.0 Å². The zero-order valence-electron chi connectivity index (χ0n) is 12.0. The number of benzene rings is 1. The van der Waals surface area contributed by atoms with E-state index in [1.54, 1.807) is 0 Å². The summed E-state index contributed by atoms with van der Waals surface area (Å²) >= 11 is 0. The molecule has 0 unspecified atom stereocenters. The summed E-state index contributed by atoms with van der Waals surface area (Å²) in [6, 6.07) is 3.34. The van der Waals surface area contributed by atoms with Gasteiger partial charge in [0.2, 0.25) is 10.0 Å². The van der Waals surface area contributed by atoms with Crippen LogP contribution in [-0.4, -0.2) is 36.4 Å². The highest BCUT2D eigenvalue weighted by molar-refractivity contribution is 7.88. The second-order valence-corrected chi connectivity index (χ2v) is 6.91. The number of rotatable bonds is 6. The van der Waals surface area contributed by atoms with Crippen LogP contribution in [0.2, 0.25) is 0 Å². The van der Waals surface area contributed by atoms with Crippen molar-refractivity contribution in [1.82, 2.24) is 4.31 Å². The molecule has 0 aliphatic rings. The van der Waals surface area contributed by atoms with E-state index in [-0.39, 0.29) is 5.56 Å². The molecule has 0 aliphatic carbocycles. The summed E-state index contributed by atoms with van der Waals surface area (Å²) < 4.78 is 63.1. The van der Waals surface area contributed by atoms with Gasteiger partial charge in [0.25, 0.3) is 0 Å². The molecule has 5 nitrogen and oxygen atoms in total. The van der Waals surface area contributed by atoms with Crippen molar-refractivity contribution in [2.45, 2.75) is 31.8 Å². The Morgan fingerprint density at radius 1 is 1.32 bits per heavy atom. The predicted octanol–water partition coefficient (Wildman–Crippen LogP) is 2.33. The maximum Gasteiger partial charge on any atom is 0.416 e. The molecule has 0 fully saturated rings. The van der Waals surface area contributed by atoms with E-state index in [0.717, 1.165) is 22.5 Å². The summed E-state index contributed by atoms with van der Waals surface area (Å²) in [5.74, 6) is -2.02. The zero-order chi connectivity index (χ0) is 17.1. The lowest BCUT2D eigenvalue weighted by Gasteiger charge is -2.24.